The number of Topliss-reactive ketones (excluding diaryl/α,β-unsaturated/α-hetero) is 1. The van der Waals surface area contributed by atoms with Crippen LogP contribution in [0.5, 0.6) is 0 Å². The number of benzene rings is 1. The van der Waals surface area contributed by atoms with E-state index in [0.29, 0.717) is 18.7 Å². The van der Waals surface area contributed by atoms with Gasteiger partial charge in [0.05, 0.1) is 6.10 Å². The predicted octanol–water partition coefficient (Wildman–Crippen LogP) is 2.25. The van der Waals surface area contributed by atoms with Gasteiger partial charge < -0.3 is 10.0 Å². The molecule has 1 unspecified atom stereocenters. The lowest BCUT2D eigenvalue weighted by molar-refractivity contribution is -0.134. The number of carbonyl (C=O) groups is 2. The maximum atomic E-state index is 12.2. The number of likely N-dealkylation sites (tertiary alicyclic amines) is 1. The maximum absolute atomic E-state index is 12.2. The third-order valence-electron chi connectivity index (χ3n) is 4.01. The standard InChI is InChI=1S/C17H23NO3/c1-12-5-6-13(2)15(10-12)16(20)7-8-17(21)18-9-3-4-14(19)11-18/h5-6,10,14,19H,3-4,7-9,11H2,1-2H3. The van der Waals surface area contributed by atoms with E-state index in [-0.39, 0.29) is 24.5 Å². The Labute approximate surface area is 125 Å². The number of piperidine rings is 1. The number of β-amino-alcohol motifs (C(OH)–C–C–N with tert-alkyl or cyclic N) is 1. The smallest absolute Gasteiger partial charge is 0.223 e. The molecule has 0 aromatic heterocycles. The molecule has 21 heavy (non-hydrogen) atoms. The van der Waals surface area contributed by atoms with Gasteiger partial charge in [0.25, 0.3) is 0 Å². The lowest BCUT2D eigenvalue weighted by Gasteiger charge is -2.30. The summed E-state index contributed by atoms with van der Waals surface area (Å²) in [6, 6.07) is 5.80. The minimum absolute atomic E-state index is 0.0158. The monoisotopic (exact) mass is 289 g/mol. The number of nitrogens with zero attached hydrogens (tertiary/aromatic N) is 1. The number of ketones is 1. The molecule has 0 aliphatic carbocycles. The van der Waals surface area contributed by atoms with Gasteiger partial charge in [-0.05, 0) is 38.3 Å². The zero-order valence-electron chi connectivity index (χ0n) is 12.8. The van der Waals surface area contributed by atoms with Gasteiger partial charge in [-0.15, -0.1) is 0 Å². The highest BCUT2D eigenvalue weighted by Crippen LogP contribution is 2.16. The van der Waals surface area contributed by atoms with Gasteiger partial charge >= 0.3 is 0 Å². The molecule has 1 aliphatic heterocycles. The van der Waals surface area contributed by atoms with Crippen molar-refractivity contribution >= 4 is 11.7 Å². The van der Waals surface area contributed by atoms with Gasteiger partial charge in [0.2, 0.25) is 5.91 Å². The number of amides is 1. The van der Waals surface area contributed by atoms with Crippen LogP contribution >= 0.6 is 0 Å². The highest BCUT2D eigenvalue weighted by atomic mass is 16.3. The second kappa shape index (κ2) is 6.85. The highest BCUT2D eigenvalue weighted by molar-refractivity contribution is 5.99. The maximum Gasteiger partial charge on any atom is 0.223 e. The van der Waals surface area contributed by atoms with Crippen LogP contribution in [0, 0.1) is 13.8 Å². The molecule has 4 nitrogen and oxygen atoms in total. The van der Waals surface area contributed by atoms with E-state index in [2.05, 4.69) is 0 Å². The van der Waals surface area contributed by atoms with Crippen LogP contribution in [-0.2, 0) is 4.79 Å². The summed E-state index contributed by atoms with van der Waals surface area (Å²) in [5.41, 5.74) is 2.71. The number of hydrogen-bond acceptors (Lipinski definition) is 3. The van der Waals surface area contributed by atoms with Gasteiger partial charge in [-0.2, -0.15) is 0 Å². The van der Waals surface area contributed by atoms with Crippen LogP contribution in [0.2, 0.25) is 0 Å². The number of aliphatic hydroxyl groups excluding tert-OH is 1. The Hall–Kier alpha value is -1.68. The molecule has 1 fully saturated rings. The van der Waals surface area contributed by atoms with Crippen LogP contribution in [0.25, 0.3) is 0 Å². The second-order valence-corrected chi connectivity index (χ2v) is 5.88. The predicted molar refractivity (Wildman–Crippen MR) is 81.3 cm³/mol. The number of aryl methyl sites for hydroxylation is 2. The van der Waals surface area contributed by atoms with Crippen molar-refractivity contribution in [2.24, 2.45) is 0 Å². The van der Waals surface area contributed by atoms with E-state index in [9.17, 15) is 14.7 Å². The Morgan fingerprint density at radius 3 is 2.76 bits per heavy atom. The van der Waals surface area contributed by atoms with E-state index in [4.69, 9.17) is 0 Å². The molecule has 1 saturated heterocycles. The van der Waals surface area contributed by atoms with Gasteiger partial charge in [0.15, 0.2) is 5.78 Å². The van der Waals surface area contributed by atoms with Crippen molar-refractivity contribution in [3.8, 4) is 0 Å². The molecule has 4 heteroatoms. The fourth-order valence-corrected chi connectivity index (χ4v) is 2.73. The van der Waals surface area contributed by atoms with Crippen LogP contribution < -0.4 is 0 Å². The number of hydrogen-bond donors (Lipinski definition) is 1. The molecule has 114 valence electrons. The van der Waals surface area contributed by atoms with E-state index in [1.807, 2.05) is 32.0 Å². The minimum Gasteiger partial charge on any atom is -0.391 e. The van der Waals surface area contributed by atoms with Crippen LogP contribution in [0.3, 0.4) is 0 Å². The normalized spacial score (nSPS) is 18.6. The third-order valence-corrected chi connectivity index (χ3v) is 4.01. The summed E-state index contributed by atoms with van der Waals surface area (Å²) in [6.07, 6.45) is 1.62. The van der Waals surface area contributed by atoms with Crippen molar-refractivity contribution in [2.45, 2.75) is 45.6 Å². The molecule has 0 spiro atoms. The fourth-order valence-electron chi connectivity index (χ4n) is 2.73. The van der Waals surface area contributed by atoms with Gasteiger partial charge in [-0.3, -0.25) is 9.59 Å². The van der Waals surface area contributed by atoms with Crippen LogP contribution in [0.15, 0.2) is 18.2 Å². The highest BCUT2D eigenvalue weighted by Gasteiger charge is 2.22. The Bertz CT molecular complexity index is 539. The first-order valence-electron chi connectivity index (χ1n) is 7.53. The molecular weight excluding hydrogens is 266 g/mol. The van der Waals surface area contributed by atoms with E-state index in [1.54, 1.807) is 4.90 Å². The summed E-state index contributed by atoms with van der Waals surface area (Å²) >= 11 is 0. The average molecular weight is 289 g/mol. The lowest BCUT2D eigenvalue weighted by atomic mass is 9.99. The summed E-state index contributed by atoms with van der Waals surface area (Å²) in [6.45, 7) is 4.95. The van der Waals surface area contributed by atoms with Crippen molar-refractivity contribution in [3.05, 3.63) is 34.9 Å². The zero-order chi connectivity index (χ0) is 15.4. The third kappa shape index (κ3) is 4.14. The number of carbonyl (C=O) groups excluding carboxylic acids is 2. The fraction of sp³-hybridized carbons (Fsp3) is 0.529. The molecule has 1 amide bonds. The molecule has 1 N–H and O–H groups in total. The number of aliphatic hydroxyl groups is 1. The van der Waals surface area contributed by atoms with Gasteiger partial charge in [0.1, 0.15) is 0 Å². The van der Waals surface area contributed by atoms with Crippen LogP contribution in [-0.4, -0.2) is 40.9 Å². The Balaban J connectivity index is 1.91. The molecule has 1 aliphatic rings. The number of rotatable bonds is 4. The van der Waals surface area contributed by atoms with Crippen molar-refractivity contribution in [3.63, 3.8) is 0 Å². The van der Waals surface area contributed by atoms with Crippen molar-refractivity contribution < 1.29 is 14.7 Å². The van der Waals surface area contributed by atoms with Crippen molar-refractivity contribution in [1.29, 1.82) is 0 Å². The largest absolute Gasteiger partial charge is 0.391 e. The first-order valence-corrected chi connectivity index (χ1v) is 7.53. The Morgan fingerprint density at radius 2 is 2.05 bits per heavy atom. The van der Waals surface area contributed by atoms with E-state index in [0.717, 1.165) is 24.0 Å². The first kappa shape index (κ1) is 15.7. The summed E-state index contributed by atoms with van der Waals surface area (Å²) in [5.74, 6) is -0.0190. The lowest BCUT2D eigenvalue weighted by Crippen LogP contribution is -2.42. The van der Waals surface area contributed by atoms with Gasteiger partial charge in [-0.1, -0.05) is 17.7 Å². The van der Waals surface area contributed by atoms with E-state index in [1.165, 1.54) is 0 Å². The molecular formula is C17H23NO3. The Morgan fingerprint density at radius 1 is 1.29 bits per heavy atom. The van der Waals surface area contributed by atoms with Crippen LogP contribution in [0.1, 0.15) is 47.2 Å². The van der Waals surface area contributed by atoms with Crippen LogP contribution in [0.4, 0.5) is 0 Å². The molecule has 1 heterocycles. The van der Waals surface area contributed by atoms with Gasteiger partial charge in [-0.25, -0.2) is 0 Å². The van der Waals surface area contributed by atoms with Crippen molar-refractivity contribution in [1.82, 2.24) is 4.90 Å². The summed E-state index contributed by atoms with van der Waals surface area (Å²) in [7, 11) is 0. The average Bonchev–Trinajstić information content (AvgIpc) is 2.47. The molecule has 2 rings (SSSR count). The molecule has 1 aromatic rings. The summed E-state index contributed by atoms with van der Waals surface area (Å²) < 4.78 is 0. The van der Waals surface area contributed by atoms with E-state index >= 15 is 0 Å². The topological polar surface area (TPSA) is 57.6 Å². The van der Waals surface area contributed by atoms with Crippen molar-refractivity contribution in [2.75, 3.05) is 13.1 Å². The SMILES string of the molecule is Cc1ccc(C)c(C(=O)CCC(=O)N2CCCC(O)C2)c1. The molecule has 1 aromatic carbocycles. The van der Waals surface area contributed by atoms with E-state index < -0.39 is 6.10 Å². The molecule has 0 radical (unpaired) electrons. The quantitative estimate of drug-likeness (QED) is 0.865. The zero-order valence-corrected chi connectivity index (χ0v) is 12.8. The molecule has 0 saturated carbocycles. The molecule has 0 bridgehead atoms. The summed E-state index contributed by atoms with van der Waals surface area (Å²) in [5, 5.41) is 9.59. The molecule has 1 atom stereocenters. The Kier molecular flexibility index (Phi) is 5.12. The summed E-state index contributed by atoms with van der Waals surface area (Å²) in [4.78, 5) is 26.0. The first-order chi connectivity index (χ1) is 9.97. The second-order valence-electron chi connectivity index (χ2n) is 5.88. The minimum atomic E-state index is -0.419. The van der Waals surface area contributed by atoms with Gasteiger partial charge in [0, 0.05) is 31.5 Å².